The first-order chi connectivity index (χ1) is 13.8. The molecule has 0 aliphatic heterocycles. The average molecular weight is 438 g/mol. The topological polar surface area (TPSA) is 111 Å². The van der Waals surface area contributed by atoms with Gasteiger partial charge >= 0.3 is 0 Å². The van der Waals surface area contributed by atoms with E-state index in [4.69, 9.17) is 0 Å². The Bertz CT molecular complexity index is 951. The van der Waals surface area contributed by atoms with Crippen molar-refractivity contribution in [1.82, 2.24) is 4.83 Å². The number of aliphatic hydroxyl groups is 1. The number of hydrogen-bond acceptors (Lipinski definition) is 6. The Hall–Kier alpha value is -1.41. The second kappa shape index (κ2) is 6.79. The summed E-state index contributed by atoms with van der Waals surface area (Å²) in [6.07, 6.45) is 7.64. The molecule has 0 spiro atoms. The van der Waals surface area contributed by atoms with Crippen molar-refractivity contribution in [2.45, 2.75) is 78.2 Å². The van der Waals surface area contributed by atoms with Crippen LogP contribution in [0, 0.1) is 28.6 Å². The van der Waals surface area contributed by atoms with Crippen LogP contribution in [0.4, 0.5) is 0 Å². The normalized spacial score (nSPS) is 46.5. The van der Waals surface area contributed by atoms with E-state index < -0.39 is 15.6 Å². The molecule has 7 nitrogen and oxygen atoms in total. The molecule has 0 bridgehead atoms. The van der Waals surface area contributed by atoms with E-state index in [9.17, 15) is 18.7 Å². The molecule has 3 N–H and O–H groups in total. The van der Waals surface area contributed by atoms with Crippen LogP contribution in [0.1, 0.15) is 72.6 Å². The monoisotopic (exact) mass is 437 g/mol. The molecular formula is C22H35N3O4S. The molecular weight excluding hydrogens is 402 g/mol. The molecule has 3 saturated carbocycles. The Balaban J connectivity index is 1.73. The van der Waals surface area contributed by atoms with Crippen LogP contribution in [0.15, 0.2) is 21.4 Å². The minimum Gasteiger partial charge on any atom is -0.411 e. The summed E-state index contributed by atoms with van der Waals surface area (Å²) in [5.74, 6) is 1.53. The van der Waals surface area contributed by atoms with Gasteiger partial charge in [-0.2, -0.15) is 5.10 Å². The van der Waals surface area contributed by atoms with Gasteiger partial charge in [0.1, 0.15) is 11.4 Å². The number of nitrogens with one attached hydrogen (secondary N) is 1. The Morgan fingerprint density at radius 2 is 1.77 bits per heavy atom. The van der Waals surface area contributed by atoms with Crippen LogP contribution in [0.3, 0.4) is 0 Å². The van der Waals surface area contributed by atoms with Crippen LogP contribution in [0.25, 0.3) is 0 Å². The maximum atomic E-state index is 11.5. The van der Waals surface area contributed by atoms with Crippen LogP contribution >= 0.6 is 0 Å². The van der Waals surface area contributed by atoms with Crippen LogP contribution in [0.2, 0.25) is 0 Å². The number of hydrazone groups is 1. The summed E-state index contributed by atoms with van der Waals surface area (Å²) >= 11 is 0. The number of sulfonamides is 1. The summed E-state index contributed by atoms with van der Waals surface area (Å²) in [5, 5.41) is 28.5. The Kier molecular flexibility index (Phi) is 4.94. The maximum Gasteiger partial charge on any atom is 0.244 e. The first-order valence-electron chi connectivity index (χ1n) is 11.0. The number of oxime groups is 1. The van der Waals surface area contributed by atoms with Crippen molar-refractivity contribution in [2.75, 3.05) is 6.26 Å². The van der Waals surface area contributed by atoms with E-state index >= 15 is 0 Å². The number of hydrogen-bond donors (Lipinski definition) is 3. The van der Waals surface area contributed by atoms with Crippen molar-refractivity contribution in [1.29, 1.82) is 0 Å². The number of allylic oxidation sites excluding steroid dienone is 2. The Morgan fingerprint density at radius 3 is 2.40 bits per heavy atom. The third kappa shape index (κ3) is 3.05. The lowest BCUT2D eigenvalue weighted by molar-refractivity contribution is -0.115. The second-order valence-electron chi connectivity index (χ2n) is 10.8. The largest absolute Gasteiger partial charge is 0.411 e. The van der Waals surface area contributed by atoms with Gasteiger partial charge in [0, 0.05) is 6.42 Å². The van der Waals surface area contributed by atoms with Gasteiger partial charge in [-0.3, -0.25) is 0 Å². The van der Waals surface area contributed by atoms with Crippen molar-refractivity contribution >= 4 is 21.4 Å². The standard InChI is InChI=1S/C22H35N3O4S/c1-13-15-7-6-14-16(8-10-21(3)17(14)9-11-22(21,4)26)20(15,2)12-18(24-27)19(13)23-25-30(5,28)29/h14,16-17,25-27H,6-12H2,1-5H3/b23-19+,24-18-/t14-,16+,17+,20+,21+,22+/m1/s1. The third-order valence-electron chi connectivity index (χ3n) is 9.29. The lowest BCUT2D eigenvalue weighted by atomic mass is 9.46. The predicted molar refractivity (Wildman–Crippen MR) is 117 cm³/mol. The highest BCUT2D eigenvalue weighted by Gasteiger charge is 2.62. The molecule has 168 valence electrons. The maximum absolute atomic E-state index is 11.5. The number of nitrogens with zero attached hydrogens (tertiary/aromatic N) is 2. The summed E-state index contributed by atoms with van der Waals surface area (Å²) in [5.41, 5.74) is 2.37. The highest BCUT2D eigenvalue weighted by atomic mass is 32.2. The van der Waals surface area contributed by atoms with Gasteiger partial charge in [0.05, 0.1) is 11.9 Å². The molecule has 0 aromatic carbocycles. The lowest BCUT2D eigenvalue weighted by Crippen LogP contribution is -2.55. The van der Waals surface area contributed by atoms with Crippen molar-refractivity contribution in [3.63, 3.8) is 0 Å². The van der Waals surface area contributed by atoms with E-state index in [2.05, 4.69) is 28.9 Å². The number of rotatable bonds is 2. The van der Waals surface area contributed by atoms with Gasteiger partial charge in [0.25, 0.3) is 0 Å². The highest BCUT2D eigenvalue weighted by molar-refractivity contribution is 7.88. The van der Waals surface area contributed by atoms with Crippen LogP contribution in [-0.4, -0.2) is 42.0 Å². The smallest absolute Gasteiger partial charge is 0.244 e. The summed E-state index contributed by atoms with van der Waals surface area (Å²) in [4.78, 5) is 2.20. The summed E-state index contributed by atoms with van der Waals surface area (Å²) < 4.78 is 23.1. The molecule has 6 atom stereocenters. The van der Waals surface area contributed by atoms with E-state index in [1.165, 1.54) is 5.57 Å². The first kappa shape index (κ1) is 21.8. The van der Waals surface area contributed by atoms with Gasteiger partial charge in [0.2, 0.25) is 10.0 Å². The fourth-order valence-electron chi connectivity index (χ4n) is 7.55. The van der Waals surface area contributed by atoms with Gasteiger partial charge in [-0.15, -0.1) is 0 Å². The van der Waals surface area contributed by atoms with E-state index in [0.29, 0.717) is 35.6 Å². The molecule has 0 amide bonds. The zero-order chi connectivity index (χ0) is 22.1. The van der Waals surface area contributed by atoms with Crippen molar-refractivity contribution in [3.05, 3.63) is 11.1 Å². The SMILES string of the molecule is CC1=C2CC[C@@H]3[C@H](CC[C@@]4(C)[C@H]3CC[C@]4(C)O)[C@@]2(C)CC(=N/O)/C1=N/NS(C)(=O)=O. The molecule has 0 aromatic heterocycles. The minimum absolute atomic E-state index is 0.0324. The van der Waals surface area contributed by atoms with Gasteiger partial charge in [-0.05, 0) is 86.5 Å². The fraction of sp³-hybridized carbons (Fsp3) is 0.818. The van der Waals surface area contributed by atoms with Gasteiger partial charge in [-0.25, -0.2) is 13.2 Å². The van der Waals surface area contributed by atoms with E-state index in [-0.39, 0.29) is 10.8 Å². The molecule has 8 heteroatoms. The number of fused-ring (bicyclic) bond motifs is 5. The molecule has 4 rings (SSSR count). The molecule has 30 heavy (non-hydrogen) atoms. The van der Waals surface area contributed by atoms with Crippen molar-refractivity contribution < 1.29 is 18.7 Å². The van der Waals surface area contributed by atoms with Gasteiger partial charge < -0.3 is 10.3 Å². The summed E-state index contributed by atoms with van der Waals surface area (Å²) in [7, 11) is -3.49. The molecule has 0 aromatic rings. The van der Waals surface area contributed by atoms with Gasteiger partial charge in [-0.1, -0.05) is 24.6 Å². The zero-order valence-corrected chi connectivity index (χ0v) is 19.5. The average Bonchev–Trinajstić information content (AvgIpc) is 2.89. The van der Waals surface area contributed by atoms with Crippen molar-refractivity contribution in [3.8, 4) is 0 Å². The Morgan fingerprint density at radius 1 is 1.10 bits per heavy atom. The summed E-state index contributed by atoms with van der Waals surface area (Å²) in [6, 6.07) is 0. The third-order valence-corrected chi connectivity index (χ3v) is 9.72. The first-order valence-corrected chi connectivity index (χ1v) is 12.9. The van der Waals surface area contributed by atoms with Crippen LogP contribution < -0.4 is 4.83 Å². The van der Waals surface area contributed by atoms with Gasteiger partial charge in [0.15, 0.2) is 0 Å². The second-order valence-corrected chi connectivity index (χ2v) is 12.5. The van der Waals surface area contributed by atoms with E-state index in [0.717, 1.165) is 50.4 Å². The molecule has 0 radical (unpaired) electrons. The summed E-state index contributed by atoms with van der Waals surface area (Å²) in [6.45, 7) is 8.55. The highest BCUT2D eigenvalue weighted by Crippen LogP contribution is 2.67. The zero-order valence-electron chi connectivity index (χ0n) is 18.7. The molecule has 3 fully saturated rings. The quantitative estimate of drug-likeness (QED) is 0.454. The van der Waals surface area contributed by atoms with E-state index in [1.807, 2.05) is 13.8 Å². The molecule has 4 aliphatic carbocycles. The molecule has 0 saturated heterocycles. The van der Waals surface area contributed by atoms with Crippen molar-refractivity contribution in [2.24, 2.45) is 38.8 Å². The molecule has 4 aliphatic rings. The minimum atomic E-state index is -3.49. The predicted octanol–water partition coefficient (Wildman–Crippen LogP) is 3.44. The van der Waals surface area contributed by atoms with Crippen LogP contribution in [-0.2, 0) is 10.0 Å². The molecule has 0 unspecified atom stereocenters. The Labute approximate surface area is 179 Å². The van der Waals surface area contributed by atoms with E-state index in [1.54, 1.807) is 0 Å². The lowest BCUT2D eigenvalue weighted by Gasteiger charge is -2.59. The fourth-order valence-corrected chi connectivity index (χ4v) is 7.81. The molecule has 0 heterocycles. The van der Waals surface area contributed by atoms with Crippen LogP contribution in [0.5, 0.6) is 0 Å².